The van der Waals surface area contributed by atoms with Gasteiger partial charge in [0.1, 0.15) is 0 Å². The number of rotatable bonds is 4. The zero-order valence-electron chi connectivity index (χ0n) is 12.5. The lowest BCUT2D eigenvalue weighted by atomic mass is 9.94. The maximum atomic E-state index is 11.7. The molecular weight excluding hydrogens is 268 g/mol. The first-order chi connectivity index (χ1) is 9.95. The predicted molar refractivity (Wildman–Crippen MR) is 82.1 cm³/mol. The van der Waals surface area contributed by atoms with Crippen molar-refractivity contribution in [3.63, 3.8) is 0 Å². The van der Waals surface area contributed by atoms with Crippen LogP contribution in [-0.2, 0) is 9.59 Å². The third-order valence-electron chi connectivity index (χ3n) is 3.18. The van der Waals surface area contributed by atoms with E-state index in [0.29, 0.717) is 13.0 Å². The summed E-state index contributed by atoms with van der Waals surface area (Å²) in [7, 11) is 3.69. The van der Waals surface area contributed by atoms with Gasteiger partial charge in [-0.1, -0.05) is 19.1 Å². The molecule has 1 aromatic rings. The van der Waals surface area contributed by atoms with Gasteiger partial charge in [0.15, 0.2) is 0 Å². The molecule has 2 rings (SSSR count). The van der Waals surface area contributed by atoms with E-state index >= 15 is 0 Å². The Kier molecular flexibility index (Phi) is 4.70. The van der Waals surface area contributed by atoms with E-state index in [0.717, 1.165) is 17.0 Å². The van der Waals surface area contributed by atoms with Crippen molar-refractivity contribution in [2.75, 3.05) is 26.0 Å². The minimum absolute atomic E-state index is 0.0524. The van der Waals surface area contributed by atoms with E-state index in [-0.39, 0.29) is 17.7 Å². The van der Waals surface area contributed by atoms with E-state index in [1.807, 2.05) is 50.2 Å². The first-order valence-electron chi connectivity index (χ1n) is 6.87. The molecule has 6 nitrogen and oxygen atoms in total. The normalized spacial score (nSPS) is 18.2. The van der Waals surface area contributed by atoms with Crippen LogP contribution in [0.1, 0.15) is 18.9 Å². The maximum Gasteiger partial charge on any atom is 0.240 e. The second-order valence-electron chi connectivity index (χ2n) is 5.50. The highest BCUT2D eigenvalue weighted by molar-refractivity contribution is 6.06. The Balaban J connectivity index is 2.05. The number of carbonyl (C=O) groups excluding carboxylic acids is 2. The number of carbonyl (C=O) groups is 2. The standard InChI is InChI=1S/C15H20N4O2/c1-10-8-13(20)17-18-15(10)11-4-6-12(7-5-11)16-14(21)9-19(2)3/h4-7,10H,8-9H2,1-3H3,(H,16,21)(H,17,20). The van der Waals surface area contributed by atoms with Gasteiger partial charge in [0.25, 0.3) is 0 Å². The van der Waals surface area contributed by atoms with Gasteiger partial charge in [-0.25, -0.2) is 5.43 Å². The molecule has 2 N–H and O–H groups in total. The van der Waals surface area contributed by atoms with Gasteiger partial charge in [0.05, 0.1) is 12.3 Å². The van der Waals surface area contributed by atoms with Crippen molar-refractivity contribution in [2.45, 2.75) is 13.3 Å². The Labute approximate surface area is 124 Å². The summed E-state index contributed by atoms with van der Waals surface area (Å²) in [4.78, 5) is 24.7. The van der Waals surface area contributed by atoms with Gasteiger partial charge in [0.2, 0.25) is 11.8 Å². The molecule has 21 heavy (non-hydrogen) atoms. The summed E-state index contributed by atoms with van der Waals surface area (Å²) in [6.07, 6.45) is 0.445. The number of hydrazone groups is 1. The van der Waals surface area contributed by atoms with Gasteiger partial charge in [-0.05, 0) is 31.8 Å². The summed E-state index contributed by atoms with van der Waals surface area (Å²) in [5.41, 5.74) is 5.07. The average molecular weight is 288 g/mol. The Bertz CT molecular complexity index is 564. The summed E-state index contributed by atoms with van der Waals surface area (Å²) in [6, 6.07) is 7.49. The van der Waals surface area contributed by atoms with Crippen molar-refractivity contribution in [3.05, 3.63) is 29.8 Å². The molecule has 1 aliphatic rings. The number of hydrogen-bond donors (Lipinski definition) is 2. The molecule has 0 aromatic heterocycles. The van der Waals surface area contributed by atoms with E-state index in [1.165, 1.54) is 0 Å². The minimum Gasteiger partial charge on any atom is -0.325 e. The van der Waals surface area contributed by atoms with Crippen LogP contribution < -0.4 is 10.7 Å². The molecule has 0 aliphatic carbocycles. The first kappa shape index (κ1) is 15.2. The van der Waals surface area contributed by atoms with E-state index in [1.54, 1.807) is 0 Å². The first-order valence-corrected chi connectivity index (χ1v) is 6.87. The monoisotopic (exact) mass is 288 g/mol. The summed E-state index contributed by atoms with van der Waals surface area (Å²) in [5, 5.41) is 6.95. The minimum atomic E-state index is -0.0566. The van der Waals surface area contributed by atoms with Gasteiger partial charge in [-0.3, -0.25) is 9.59 Å². The molecule has 1 unspecified atom stereocenters. The van der Waals surface area contributed by atoms with Crippen LogP contribution in [-0.4, -0.2) is 43.1 Å². The number of anilines is 1. The Morgan fingerprint density at radius 2 is 2.05 bits per heavy atom. The van der Waals surface area contributed by atoms with Crippen LogP contribution in [0.4, 0.5) is 5.69 Å². The van der Waals surface area contributed by atoms with Crippen LogP contribution in [0.2, 0.25) is 0 Å². The van der Waals surface area contributed by atoms with Crippen LogP contribution in [0.5, 0.6) is 0 Å². The molecule has 0 bridgehead atoms. The highest BCUT2D eigenvalue weighted by atomic mass is 16.2. The maximum absolute atomic E-state index is 11.7. The molecule has 0 spiro atoms. The molecule has 1 heterocycles. The molecule has 0 saturated carbocycles. The molecule has 0 fully saturated rings. The molecule has 1 atom stereocenters. The molecule has 1 aromatic carbocycles. The van der Waals surface area contributed by atoms with Crippen LogP contribution in [0, 0.1) is 5.92 Å². The molecule has 112 valence electrons. The SMILES string of the molecule is CC1CC(=O)NN=C1c1ccc(NC(=O)CN(C)C)cc1. The van der Waals surface area contributed by atoms with Crippen molar-refractivity contribution in [2.24, 2.45) is 11.0 Å². The van der Waals surface area contributed by atoms with Gasteiger partial charge in [-0.15, -0.1) is 0 Å². The number of nitrogens with one attached hydrogen (secondary N) is 2. The molecule has 6 heteroatoms. The van der Waals surface area contributed by atoms with Crippen molar-refractivity contribution in [1.29, 1.82) is 0 Å². The highest BCUT2D eigenvalue weighted by Gasteiger charge is 2.21. The van der Waals surface area contributed by atoms with E-state index in [9.17, 15) is 9.59 Å². The second kappa shape index (κ2) is 6.49. The molecule has 0 saturated heterocycles. The predicted octanol–water partition coefficient (Wildman–Crippen LogP) is 1.05. The fourth-order valence-corrected chi connectivity index (χ4v) is 2.21. The zero-order valence-corrected chi connectivity index (χ0v) is 12.5. The topological polar surface area (TPSA) is 73.8 Å². The zero-order chi connectivity index (χ0) is 15.4. The lowest BCUT2D eigenvalue weighted by Crippen LogP contribution is -2.32. The summed E-state index contributed by atoms with van der Waals surface area (Å²) < 4.78 is 0. The number of nitrogens with zero attached hydrogens (tertiary/aromatic N) is 2. The summed E-state index contributed by atoms with van der Waals surface area (Å²) in [6.45, 7) is 2.32. The summed E-state index contributed by atoms with van der Waals surface area (Å²) >= 11 is 0. The van der Waals surface area contributed by atoms with E-state index in [4.69, 9.17) is 0 Å². The third kappa shape index (κ3) is 4.13. The lowest BCUT2D eigenvalue weighted by molar-refractivity contribution is -0.122. The second-order valence-corrected chi connectivity index (χ2v) is 5.50. The fourth-order valence-electron chi connectivity index (χ4n) is 2.21. The highest BCUT2D eigenvalue weighted by Crippen LogP contribution is 2.18. The lowest BCUT2D eigenvalue weighted by Gasteiger charge is -2.19. The van der Waals surface area contributed by atoms with Crippen molar-refractivity contribution >= 4 is 23.2 Å². The molecule has 2 amide bonds. The van der Waals surface area contributed by atoms with Gasteiger partial charge < -0.3 is 10.2 Å². The van der Waals surface area contributed by atoms with Crippen molar-refractivity contribution < 1.29 is 9.59 Å². The van der Waals surface area contributed by atoms with Gasteiger partial charge in [-0.2, -0.15) is 5.10 Å². The fraction of sp³-hybridized carbons (Fsp3) is 0.400. The van der Waals surface area contributed by atoms with Crippen LogP contribution in [0.15, 0.2) is 29.4 Å². The van der Waals surface area contributed by atoms with Gasteiger partial charge >= 0.3 is 0 Å². The number of benzene rings is 1. The third-order valence-corrected chi connectivity index (χ3v) is 3.18. The number of amides is 2. The largest absolute Gasteiger partial charge is 0.325 e. The molecular formula is C15H20N4O2. The Morgan fingerprint density at radius 3 is 2.62 bits per heavy atom. The Morgan fingerprint density at radius 1 is 1.38 bits per heavy atom. The number of likely N-dealkylation sites (N-methyl/N-ethyl adjacent to an activating group) is 1. The average Bonchev–Trinajstić information content (AvgIpc) is 2.39. The summed E-state index contributed by atoms with van der Waals surface area (Å²) in [5.74, 6) is -0.0184. The number of hydrogen-bond acceptors (Lipinski definition) is 4. The Hall–Kier alpha value is -2.21. The molecule has 0 radical (unpaired) electrons. The van der Waals surface area contributed by atoms with Crippen LogP contribution in [0.3, 0.4) is 0 Å². The van der Waals surface area contributed by atoms with E-state index < -0.39 is 0 Å². The quantitative estimate of drug-likeness (QED) is 0.869. The van der Waals surface area contributed by atoms with Crippen LogP contribution in [0.25, 0.3) is 0 Å². The van der Waals surface area contributed by atoms with E-state index in [2.05, 4.69) is 15.8 Å². The molecule has 1 aliphatic heterocycles. The van der Waals surface area contributed by atoms with Crippen LogP contribution >= 0.6 is 0 Å². The van der Waals surface area contributed by atoms with Gasteiger partial charge in [0, 0.05) is 18.0 Å². The smallest absolute Gasteiger partial charge is 0.240 e. The van der Waals surface area contributed by atoms with Crippen molar-refractivity contribution in [1.82, 2.24) is 10.3 Å². The van der Waals surface area contributed by atoms with Crippen molar-refractivity contribution in [3.8, 4) is 0 Å².